The summed E-state index contributed by atoms with van der Waals surface area (Å²) < 4.78 is 1.42. The van der Waals surface area contributed by atoms with Gasteiger partial charge in [-0.25, -0.2) is 10.2 Å². The molecule has 3 rings (SSSR count). The highest BCUT2D eigenvalue weighted by Crippen LogP contribution is 2.24. The van der Waals surface area contributed by atoms with Crippen molar-refractivity contribution in [3.8, 4) is 5.69 Å². The van der Waals surface area contributed by atoms with Crippen molar-refractivity contribution in [2.75, 3.05) is 0 Å². The van der Waals surface area contributed by atoms with Gasteiger partial charge in [0.25, 0.3) is 11.5 Å². The molecule has 6 nitrogen and oxygen atoms in total. The summed E-state index contributed by atoms with van der Waals surface area (Å²) in [6, 6.07) is 11.6. The molecule has 0 bridgehead atoms. The molecule has 0 aliphatic rings. The molecule has 0 spiro atoms. The number of hydrogen-bond acceptors (Lipinski definition) is 3. The Hall–Kier alpha value is -2.54. The Morgan fingerprint density at radius 2 is 1.85 bits per heavy atom. The van der Waals surface area contributed by atoms with Gasteiger partial charge in [0.05, 0.1) is 15.7 Å². The molecule has 3 N–H and O–H groups in total. The lowest BCUT2D eigenvalue weighted by Crippen LogP contribution is -2.19. The third kappa shape index (κ3) is 3.53. The third-order valence-electron chi connectivity index (χ3n) is 4.05. The van der Waals surface area contributed by atoms with Crippen LogP contribution >= 0.6 is 23.2 Å². The number of aryl methyl sites for hydroxylation is 1. The molecule has 0 radical (unpaired) electrons. The van der Waals surface area contributed by atoms with E-state index in [1.54, 1.807) is 47.9 Å². The number of aromatic amines is 1. The first-order chi connectivity index (χ1) is 12.4. The number of hydroxylamine groups is 1. The monoisotopic (exact) mass is 391 g/mol. The van der Waals surface area contributed by atoms with E-state index in [-0.39, 0.29) is 5.56 Å². The van der Waals surface area contributed by atoms with Gasteiger partial charge in [0.1, 0.15) is 0 Å². The molecule has 3 aromatic rings. The van der Waals surface area contributed by atoms with E-state index in [1.807, 2.05) is 6.92 Å². The molecule has 0 fully saturated rings. The van der Waals surface area contributed by atoms with Gasteiger partial charge < -0.3 is 0 Å². The number of carbonyl (C=O) groups is 1. The first-order valence-corrected chi connectivity index (χ1v) is 8.45. The molecule has 0 atom stereocenters. The summed E-state index contributed by atoms with van der Waals surface area (Å²) in [5.41, 5.74) is 4.52. The van der Waals surface area contributed by atoms with Crippen molar-refractivity contribution in [1.29, 1.82) is 0 Å². The molecule has 1 amide bonds. The van der Waals surface area contributed by atoms with Crippen molar-refractivity contribution < 1.29 is 10.0 Å². The summed E-state index contributed by atoms with van der Waals surface area (Å²) in [6.07, 6.45) is 0.399. The zero-order valence-corrected chi connectivity index (χ0v) is 15.2. The van der Waals surface area contributed by atoms with Gasteiger partial charge >= 0.3 is 0 Å². The zero-order valence-electron chi connectivity index (χ0n) is 13.7. The van der Waals surface area contributed by atoms with Gasteiger partial charge in [-0.05, 0) is 42.8 Å². The fraction of sp³-hybridized carbons (Fsp3) is 0.111. The Morgan fingerprint density at radius 1 is 1.15 bits per heavy atom. The number of benzene rings is 2. The van der Waals surface area contributed by atoms with Crippen LogP contribution in [-0.4, -0.2) is 20.9 Å². The van der Waals surface area contributed by atoms with Crippen LogP contribution in [0.5, 0.6) is 0 Å². The highest BCUT2D eigenvalue weighted by molar-refractivity contribution is 6.42. The summed E-state index contributed by atoms with van der Waals surface area (Å²) in [6.45, 7) is 1.82. The van der Waals surface area contributed by atoms with E-state index >= 15 is 0 Å². The standard InChI is InChI=1S/C18H15Cl2N3O3/c1-10-14(8-11-2-4-12(5-3-11)17(24)22-26)18(25)23(21-10)13-6-7-15(19)16(20)9-13/h2-7,9,21,26H,8H2,1H3,(H,22,24). The van der Waals surface area contributed by atoms with E-state index in [0.29, 0.717) is 33.3 Å². The van der Waals surface area contributed by atoms with Crippen LogP contribution in [0.1, 0.15) is 27.2 Å². The van der Waals surface area contributed by atoms with Crippen molar-refractivity contribution in [1.82, 2.24) is 15.3 Å². The molecule has 134 valence electrons. The number of aromatic nitrogens is 2. The Labute approximate surface area is 158 Å². The summed E-state index contributed by atoms with van der Waals surface area (Å²) in [7, 11) is 0. The van der Waals surface area contributed by atoms with Crippen molar-refractivity contribution in [3.05, 3.63) is 85.2 Å². The highest BCUT2D eigenvalue weighted by Gasteiger charge is 2.14. The molecule has 8 heteroatoms. The molecule has 0 saturated carbocycles. The number of halogens is 2. The number of carbonyl (C=O) groups excluding carboxylic acids is 1. The second-order valence-electron chi connectivity index (χ2n) is 5.77. The van der Waals surface area contributed by atoms with Crippen LogP contribution in [-0.2, 0) is 6.42 Å². The topological polar surface area (TPSA) is 87.1 Å². The quantitative estimate of drug-likeness (QED) is 0.469. The Kier molecular flexibility index (Phi) is 5.18. The van der Waals surface area contributed by atoms with Crippen LogP contribution < -0.4 is 11.0 Å². The number of H-pyrrole nitrogens is 1. The summed E-state index contributed by atoms with van der Waals surface area (Å²) >= 11 is 12.0. The summed E-state index contributed by atoms with van der Waals surface area (Å²) in [5.74, 6) is -0.587. The molecule has 0 saturated heterocycles. The van der Waals surface area contributed by atoms with E-state index in [9.17, 15) is 9.59 Å². The van der Waals surface area contributed by atoms with E-state index in [0.717, 1.165) is 11.3 Å². The molecule has 2 aromatic carbocycles. The lowest BCUT2D eigenvalue weighted by Gasteiger charge is -2.03. The van der Waals surface area contributed by atoms with Gasteiger partial charge in [0.15, 0.2) is 0 Å². The zero-order chi connectivity index (χ0) is 18.8. The van der Waals surface area contributed by atoms with Crippen molar-refractivity contribution in [2.24, 2.45) is 0 Å². The second-order valence-corrected chi connectivity index (χ2v) is 6.58. The summed E-state index contributed by atoms with van der Waals surface area (Å²) in [4.78, 5) is 24.1. The Morgan fingerprint density at radius 3 is 2.46 bits per heavy atom. The summed E-state index contributed by atoms with van der Waals surface area (Å²) in [5, 5.41) is 12.5. The molecular weight excluding hydrogens is 377 g/mol. The van der Waals surface area contributed by atoms with Crippen LogP contribution in [0, 0.1) is 6.92 Å². The van der Waals surface area contributed by atoms with Crippen molar-refractivity contribution in [2.45, 2.75) is 13.3 Å². The smallest absolute Gasteiger partial charge is 0.274 e. The minimum atomic E-state index is -0.587. The molecule has 0 unspecified atom stereocenters. The van der Waals surface area contributed by atoms with Crippen LogP contribution in [0.3, 0.4) is 0 Å². The average molecular weight is 392 g/mol. The molecule has 0 aliphatic carbocycles. The van der Waals surface area contributed by atoms with Gasteiger partial charge in [-0.3, -0.25) is 19.9 Å². The lowest BCUT2D eigenvalue weighted by atomic mass is 10.0. The van der Waals surface area contributed by atoms with Crippen LogP contribution in [0.4, 0.5) is 0 Å². The largest absolute Gasteiger partial charge is 0.295 e. The maximum Gasteiger partial charge on any atom is 0.274 e. The molecule has 26 heavy (non-hydrogen) atoms. The van der Waals surface area contributed by atoms with Crippen molar-refractivity contribution >= 4 is 29.1 Å². The first-order valence-electron chi connectivity index (χ1n) is 7.70. The van der Waals surface area contributed by atoms with E-state index in [1.165, 1.54) is 4.68 Å². The number of rotatable bonds is 4. The van der Waals surface area contributed by atoms with E-state index in [2.05, 4.69) is 5.10 Å². The Bertz CT molecular complexity index is 1020. The SMILES string of the molecule is Cc1[nH]n(-c2ccc(Cl)c(Cl)c2)c(=O)c1Cc1ccc(C(=O)NO)cc1. The second kappa shape index (κ2) is 7.37. The minimum Gasteiger partial charge on any atom is -0.295 e. The first kappa shape index (κ1) is 18.3. The van der Waals surface area contributed by atoms with Gasteiger partial charge in [0.2, 0.25) is 0 Å². The van der Waals surface area contributed by atoms with Crippen LogP contribution in [0.15, 0.2) is 47.3 Å². The van der Waals surface area contributed by atoms with E-state index < -0.39 is 5.91 Å². The Balaban J connectivity index is 1.92. The average Bonchev–Trinajstić information content (AvgIpc) is 2.92. The maximum absolute atomic E-state index is 12.8. The number of hydrogen-bond donors (Lipinski definition) is 3. The van der Waals surface area contributed by atoms with Gasteiger partial charge in [-0.15, -0.1) is 0 Å². The van der Waals surface area contributed by atoms with Crippen LogP contribution in [0.2, 0.25) is 10.0 Å². The molecule has 1 aromatic heterocycles. The normalized spacial score (nSPS) is 10.8. The van der Waals surface area contributed by atoms with Crippen molar-refractivity contribution in [3.63, 3.8) is 0 Å². The number of nitrogens with one attached hydrogen (secondary N) is 2. The fourth-order valence-electron chi connectivity index (χ4n) is 2.64. The number of amides is 1. The third-order valence-corrected chi connectivity index (χ3v) is 4.79. The molecule has 1 heterocycles. The lowest BCUT2D eigenvalue weighted by molar-refractivity contribution is 0.0706. The van der Waals surface area contributed by atoms with E-state index in [4.69, 9.17) is 28.4 Å². The minimum absolute atomic E-state index is 0.182. The van der Waals surface area contributed by atoms with Gasteiger partial charge in [-0.1, -0.05) is 35.3 Å². The number of nitrogens with zero attached hydrogens (tertiary/aromatic N) is 1. The fourth-order valence-corrected chi connectivity index (χ4v) is 2.93. The molecule has 0 aliphatic heterocycles. The molecular formula is C18H15Cl2N3O3. The predicted molar refractivity (Wildman–Crippen MR) is 99.6 cm³/mol. The van der Waals surface area contributed by atoms with Gasteiger partial charge in [0, 0.05) is 23.2 Å². The maximum atomic E-state index is 12.8. The highest BCUT2D eigenvalue weighted by atomic mass is 35.5. The predicted octanol–water partition coefficient (Wildman–Crippen LogP) is 3.49. The van der Waals surface area contributed by atoms with Crippen LogP contribution in [0.25, 0.3) is 5.69 Å². The van der Waals surface area contributed by atoms with Gasteiger partial charge in [-0.2, -0.15) is 0 Å².